The predicted molar refractivity (Wildman–Crippen MR) is 203 cm³/mol. The zero-order valence-electron chi connectivity index (χ0n) is 35.1. The molecule has 0 amide bonds. The number of aliphatic hydroxyl groups excluding tert-OH is 5. The van der Waals surface area contributed by atoms with Crippen molar-refractivity contribution in [3.05, 3.63) is 11.6 Å². The minimum absolute atomic E-state index is 0.0271. The van der Waals surface area contributed by atoms with Gasteiger partial charge in [0.15, 0.2) is 18.2 Å². The Morgan fingerprint density at radius 2 is 1.51 bits per heavy atom. The largest absolute Gasteiger partial charge is 0.453 e. The van der Waals surface area contributed by atoms with Crippen molar-refractivity contribution in [3.8, 4) is 0 Å². The average molecular weight is 861 g/mol. The Kier molecular flexibility index (Phi) is 10.6. The minimum atomic E-state index is -5.04. The minimum Gasteiger partial charge on any atom is -0.453 e. The molecule has 0 unspecified atom stereocenters. The van der Waals surface area contributed by atoms with E-state index in [2.05, 4.69) is 25.0 Å². The Morgan fingerprint density at radius 3 is 2.15 bits per heavy atom. The third-order valence-electron chi connectivity index (χ3n) is 16.9. The van der Waals surface area contributed by atoms with Gasteiger partial charge in [0.1, 0.15) is 53.7 Å². The monoisotopic (exact) mass is 860 g/mol. The Balaban J connectivity index is 1.07. The van der Waals surface area contributed by atoms with Crippen LogP contribution in [0.25, 0.3) is 0 Å². The maximum atomic E-state index is 14.5. The van der Waals surface area contributed by atoms with Crippen LogP contribution in [0.2, 0.25) is 0 Å². The van der Waals surface area contributed by atoms with Crippen LogP contribution in [-0.2, 0) is 47.8 Å². The average Bonchev–Trinajstić information content (AvgIpc) is 3.70. The highest BCUT2D eigenvalue weighted by Gasteiger charge is 2.87. The number of carbonyl (C=O) groups excluding carboxylic acids is 1. The van der Waals surface area contributed by atoms with Crippen molar-refractivity contribution in [2.75, 3.05) is 6.61 Å². The lowest BCUT2D eigenvalue weighted by atomic mass is 9.40. The summed E-state index contributed by atoms with van der Waals surface area (Å²) in [7, 11) is -5.04. The quantitative estimate of drug-likeness (QED) is 0.0827. The highest BCUT2D eigenvalue weighted by Crippen LogP contribution is 2.77. The second-order valence-corrected chi connectivity index (χ2v) is 21.7. The topological polar surface area (TPSA) is 257 Å². The van der Waals surface area contributed by atoms with Crippen molar-refractivity contribution in [1.82, 2.24) is 0 Å². The molecular weight excluding hydrogens is 797 g/mol. The number of ether oxygens (including phenoxy) is 6. The molecule has 4 aliphatic carbocycles. The van der Waals surface area contributed by atoms with Gasteiger partial charge >= 0.3 is 16.4 Å². The summed E-state index contributed by atoms with van der Waals surface area (Å²) in [6, 6.07) is 0. The van der Waals surface area contributed by atoms with E-state index in [0.717, 1.165) is 18.4 Å². The molecule has 17 nitrogen and oxygen atoms in total. The van der Waals surface area contributed by atoms with Crippen LogP contribution in [0.15, 0.2) is 11.6 Å². The first-order valence-electron chi connectivity index (χ1n) is 21.2. The summed E-state index contributed by atoms with van der Waals surface area (Å²) in [5.74, 6) is -0.746. The molecule has 3 saturated carbocycles. The number of fused-ring (bicyclic) bond motifs is 4. The van der Waals surface area contributed by atoms with Gasteiger partial charge in [-0.25, -0.2) is 4.18 Å². The van der Waals surface area contributed by atoms with E-state index in [1.165, 1.54) is 6.92 Å². The van der Waals surface area contributed by atoms with Gasteiger partial charge in [0.25, 0.3) is 0 Å². The number of hydrogen-bond acceptors (Lipinski definition) is 16. The Labute approximate surface area is 345 Å². The van der Waals surface area contributed by atoms with Crippen molar-refractivity contribution in [2.24, 2.45) is 33.5 Å². The Morgan fingerprint density at radius 1 is 0.814 bits per heavy atom. The molecule has 0 bridgehead atoms. The second-order valence-electron chi connectivity index (χ2n) is 20.7. The highest BCUT2D eigenvalue weighted by atomic mass is 32.3. The van der Waals surface area contributed by atoms with Crippen molar-refractivity contribution < 1.29 is 81.0 Å². The fourth-order valence-electron chi connectivity index (χ4n) is 13.7. The Hall–Kier alpha value is -1.36. The SMILES string of the molecule is C[C@H]1O[C@@H](O[C@H]2[C@H](O[C@H]3CC[C@]4(C)C5=C[C@@H](O)[C@]67C(=O)O[C@@](C)([C@@H]8CCC(C)(C)O8)[C@@]6(O)CC[C@@]7(C)[C@@H]5CC[C@H]4C3(C)C)OC[C@@H](OS(=O)(=O)O)[C@@H]2O)[C@H](O)[C@@H](O)[C@@H]1O. The van der Waals surface area contributed by atoms with Crippen LogP contribution in [0.1, 0.15) is 107 Å². The number of aliphatic hydroxyl groups is 6. The molecule has 8 rings (SSSR count). The smallest absolute Gasteiger partial charge is 0.397 e. The lowest BCUT2D eigenvalue weighted by Gasteiger charge is -2.64. The summed E-state index contributed by atoms with van der Waals surface area (Å²) < 4.78 is 74.3. The van der Waals surface area contributed by atoms with Crippen LogP contribution >= 0.6 is 0 Å². The zero-order chi connectivity index (χ0) is 43.3. The van der Waals surface area contributed by atoms with Gasteiger partial charge in [0, 0.05) is 0 Å². The van der Waals surface area contributed by atoms with Crippen LogP contribution in [-0.4, -0.2) is 147 Å². The molecule has 1 spiro atoms. The van der Waals surface area contributed by atoms with E-state index in [9.17, 15) is 48.4 Å². The lowest BCUT2D eigenvalue weighted by molar-refractivity contribution is -0.362. The Bertz CT molecular complexity index is 1820. The summed E-state index contributed by atoms with van der Waals surface area (Å²) in [6.07, 6.45) is -9.75. The first-order valence-corrected chi connectivity index (χ1v) is 22.5. The molecule has 0 aromatic heterocycles. The van der Waals surface area contributed by atoms with E-state index >= 15 is 0 Å². The standard InChI is InChI=1S/C41H64O17S/c1-19-27(43)29(45)30(46)32(53-19)55-31-28(44)22(58-59(49,50)51)18-52-33(31)54-25-12-14-37(6)21-17-24(42)41-34(47)57-39(8,26-11-13-35(2,3)56-26)40(41,48)16-15-38(41,7)20(21)9-10-23(37)36(25,4)5/h17,19-20,22-33,42-46,48H,9-16,18H2,1-8H3,(H,49,50,51)/t19-,20-,22-,23+,24-,25+,26+,27-,28+,29+,30-,31-,32+,33+,37-,38+,39+,40+,41-/m1/s1. The molecule has 59 heavy (non-hydrogen) atoms. The first kappa shape index (κ1) is 44.3. The van der Waals surface area contributed by atoms with E-state index in [0.29, 0.717) is 32.1 Å². The molecule has 7 fully saturated rings. The van der Waals surface area contributed by atoms with Gasteiger partial charge in [-0.2, -0.15) is 8.42 Å². The second kappa shape index (κ2) is 14.1. The van der Waals surface area contributed by atoms with Gasteiger partial charge < -0.3 is 59.1 Å². The number of cyclic esters (lactones) is 1. The van der Waals surface area contributed by atoms with Crippen LogP contribution in [0, 0.1) is 33.5 Å². The number of hydrogen-bond donors (Lipinski definition) is 7. The summed E-state index contributed by atoms with van der Waals surface area (Å²) in [5.41, 5.74) is -5.89. The lowest BCUT2D eigenvalue weighted by Crippen LogP contribution is -2.69. The molecule has 8 aliphatic rings. The molecule has 4 heterocycles. The number of carbonyl (C=O) groups is 1. The molecule has 0 aromatic rings. The van der Waals surface area contributed by atoms with E-state index < -0.39 is 135 Å². The summed E-state index contributed by atoms with van der Waals surface area (Å²) in [4.78, 5) is 14.5. The summed E-state index contributed by atoms with van der Waals surface area (Å²) >= 11 is 0. The third-order valence-corrected chi connectivity index (χ3v) is 17.4. The van der Waals surface area contributed by atoms with E-state index in [1.54, 1.807) is 6.92 Å². The number of rotatable bonds is 7. The fourth-order valence-corrected chi connectivity index (χ4v) is 14.2. The van der Waals surface area contributed by atoms with Crippen molar-refractivity contribution in [1.29, 1.82) is 0 Å². The van der Waals surface area contributed by atoms with E-state index in [-0.39, 0.29) is 18.3 Å². The van der Waals surface area contributed by atoms with Crippen molar-refractivity contribution in [3.63, 3.8) is 0 Å². The molecule has 4 saturated heterocycles. The highest BCUT2D eigenvalue weighted by molar-refractivity contribution is 7.80. The molecule has 18 heteroatoms. The predicted octanol–water partition coefficient (Wildman–Crippen LogP) is 1.43. The normalized spacial score (nSPS) is 54.1. The van der Waals surface area contributed by atoms with Gasteiger partial charge in [0.2, 0.25) is 0 Å². The van der Waals surface area contributed by atoms with Crippen LogP contribution in [0.5, 0.6) is 0 Å². The molecule has 336 valence electrons. The van der Waals surface area contributed by atoms with Crippen molar-refractivity contribution in [2.45, 2.75) is 197 Å². The van der Waals surface area contributed by atoms with Crippen LogP contribution in [0.4, 0.5) is 0 Å². The molecule has 0 aromatic carbocycles. The molecule has 0 radical (unpaired) electrons. The molecule has 4 aliphatic heterocycles. The maximum absolute atomic E-state index is 14.5. The fraction of sp³-hybridized carbons (Fsp3) is 0.927. The first-order chi connectivity index (χ1) is 27.2. The van der Waals surface area contributed by atoms with E-state index in [4.69, 9.17) is 28.4 Å². The van der Waals surface area contributed by atoms with Gasteiger partial charge in [-0.3, -0.25) is 9.35 Å². The molecular formula is C41H64O17S. The maximum Gasteiger partial charge on any atom is 0.397 e. The summed E-state index contributed by atoms with van der Waals surface area (Å²) in [5, 5.41) is 68.2. The van der Waals surface area contributed by atoms with Crippen LogP contribution in [0.3, 0.4) is 0 Å². The van der Waals surface area contributed by atoms with Gasteiger partial charge in [-0.15, -0.1) is 0 Å². The molecule has 7 N–H and O–H groups in total. The zero-order valence-corrected chi connectivity index (χ0v) is 36.0. The van der Waals surface area contributed by atoms with E-state index in [1.807, 2.05) is 26.8 Å². The van der Waals surface area contributed by atoms with Crippen molar-refractivity contribution >= 4 is 16.4 Å². The number of allylic oxidation sites excluding steroid dienone is 1. The van der Waals surface area contributed by atoms with Gasteiger partial charge in [0.05, 0.1) is 30.5 Å². The summed E-state index contributed by atoms with van der Waals surface area (Å²) in [6.45, 7) is 15.1. The van der Waals surface area contributed by atoms with Crippen LogP contribution < -0.4 is 0 Å². The van der Waals surface area contributed by atoms with Gasteiger partial charge in [-0.05, 0) is 107 Å². The van der Waals surface area contributed by atoms with Gasteiger partial charge in [-0.1, -0.05) is 39.3 Å². The number of esters is 1. The molecule has 19 atom stereocenters. The third kappa shape index (κ3) is 6.16.